The van der Waals surface area contributed by atoms with E-state index < -0.39 is 0 Å². The number of fused-ring (bicyclic) bond motifs is 3. The molecule has 2 heteroatoms. The van der Waals surface area contributed by atoms with Crippen LogP contribution in [0.25, 0.3) is 22.3 Å². The first-order valence-electron chi connectivity index (χ1n) is 21.3. The Kier molecular flexibility index (Phi) is 7.89. The van der Waals surface area contributed by atoms with Gasteiger partial charge in [-0.2, -0.15) is 0 Å². The van der Waals surface area contributed by atoms with Crippen LogP contribution in [-0.2, 0) is 16.2 Å². The zero-order valence-corrected chi connectivity index (χ0v) is 34.2. The van der Waals surface area contributed by atoms with Gasteiger partial charge in [0.25, 0.3) is 0 Å². The van der Waals surface area contributed by atoms with E-state index in [-0.39, 0.29) is 16.2 Å². The van der Waals surface area contributed by atoms with Gasteiger partial charge in [0.15, 0.2) is 0 Å². The average Bonchev–Trinajstić information content (AvgIpc) is 3.21. The van der Waals surface area contributed by atoms with Gasteiger partial charge < -0.3 is 4.90 Å². The zero-order valence-electron chi connectivity index (χ0n) is 33.4. The summed E-state index contributed by atoms with van der Waals surface area (Å²) < 4.78 is 0. The molecule has 56 heavy (non-hydrogen) atoms. The Morgan fingerprint density at radius 2 is 1.05 bits per heavy atom. The molecule has 6 aromatic carbocycles. The van der Waals surface area contributed by atoms with E-state index in [9.17, 15) is 0 Å². The lowest BCUT2D eigenvalue weighted by atomic mass is 9.42. The fourth-order valence-corrected chi connectivity index (χ4v) is 13.9. The maximum atomic E-state index is 2.65. The predicted octanol–water partition coefficient (Wildman–Crippen LogP) is 15.0. The zero-order chi connectivity index (χ0) is 37.8. The Bertz CT molecular complexity index is 2440. The van der Waals surface area contributed by atoms with Gasteiger partial charge in [-0.1, -0.05) is 130 Å². The van der Waals surface area contributed by atoms with E-state index in [1.165, 1.54) is 105 Å². The molecule has 4 fully saturated rings. The summed E-state index contributed by atoms with van der Waals surface area (Å²) in [7, 11) is 0. The van der Waals surface area contributed by atoms with Crippen LogP contribution in [0.15, 0.2) is 149 Å². The van der Waals surface area contributed by atoms with Gasteiger partial charge in [-0.25, -0.2) is 0 Å². The molecule has 0 saturated heterocycles. The van der Waals surface area contributed by atoms with Crippen LogP contribution in [0.5, 0.6) is 0 Å². The molecule has 0 atom stereocenters. The highest BCUT2D eigenvalue weighted by atomic mass is 32.2. The topological polar surface area (TPSA) is 3.24 Å². The molecule has 12 rings (SSSR count). The van der Waals surface area contributed by atoms with E-state index in [1.807, 2.05) is 11.8 Å². The molecule has 5 aliphatic carbocycles. The fourth-order valence-electron chi connectivity index (χ4n) is 12.7. The molecule has 0 aromatic heterocycles. The minimum absolute atomic E-state index is 0.0901. The molecular formula is C54H53NS. The van der Waals surface area contributed by atoms with Crippen molar-refractivity contribution in [2.24, 2.45) is 23.7 Å². The standard InChI is InChI=1S/C54H53NS/c1-52(2)26-27-53(3,4)51-45(16-11-18-47(51)52)39-14-10-15-43(33-39)55(42-22-20-38(21-23-42)37-12-6-5-7-13-37)44-24-25-50-48(34-44)54(46-17-8-9-19-49(46)56-50)40-29-35-28-36(31-40)32-41(54)30-35/h5-25,33-36,40-41H,26-32H2,1-4H3. The van der Waals surface area contributed by atoms with Gasteiger partial charge in [0.2, 0.25) is 0 Å². The van der Waals surface area contributed by atoms with Gasteiger partial charge in [-0.15, -0.1) is 0 Å². The molecule has 0 radical (unpaired) electrons. The highest BCUT2D eigenvalue weighted by Gasteiger charge is 2.60. The van der Waals surface area contributed by atoms with Crippen molar-refractivity contribution >= 4 is 28.8 Å². The summed E-state index contributed by atoms with van der Waals surface area (Å²) in [5.74, 6) is 3.26. The smallest absolute Gasteiger partial charge is 0.0467 e. The first-order chi connectivity index (χ1) is 27.2. The van der Waals surface area contributed by atoms with Crippen molar-refractivity contribution in [3.8, 4) is 22.3 Å². The summed E-state index contributed by atoms with van der Waals surface area (Å²) in [6.45, 7) is 9.78. The summed E-state index contributed by atoms with van der Waals surface area (Å²) >= 11 is 2.01. The lowest BCUT2D eigenvalue weighted by Gasteiger charge is -2.63. The molecule has 0 N–H and O–H groups in total. The van der Waals surface area contributed by atoms with Gasteiger partial charge in [0.05, 0.1) is 0 Å². The molecule has 0 amide bonds. The molecule has 6 aliphatic rings. The van der Waals surface area contributed by atoms with Crippen LogP contribution in [0, 0.1) is 23.7 Å². The SMILES string of the molecule is CC1(C)CCC(C)(C)c2c(-c3cccc(N(c4ccc(-c5ccccc5)cc4)c4ccc5c(c4)C4(c6ccccc6S5)C5CC6CC(C5)CC4C6)c3)cccc21. The first kappa shape index (κ1) is 34.7. The van der Waals surface area contributed by atoms with Crippen molar-refractivity contribution in [2.45, 2.75) is 98.7 Å². The molecule has 1 nitrogen and oxygen atoms in total. The Hall–Kier alpha value is -4.53. The molecule has 0 unspecified atom stereocenters. The van der Waals surface area contributed by atoms with Gasteiger partial charge in [0.1, 0.15) is 0 Å². The quantitative estimate of drug-likeness (QED) is 0.173. The van der Waals surface area contributed by atoms with Crippen molar-refractivity contribution in [3.63, 3.8) is 0 Å². The van der Waals surface area contributed by atoms with Crippen LogP contribution >= 0.6 is 11.8 Å². The lowest BCUT2D eigenvalue weighted by molar-refractivity contribution is -0.0443. The third-order valence-corrected chi connectivity index (χ3v) is 16.3. The maximum absolute atomic E-state index is 2.65. The molecule has 1 aliphatic heterocycles. The normalized spacial score (nSPS) is 26.0. The second kappa shape index (κ2) is 12.7. The third-order valence-electron chi connectivity index (χ3n) is 15.1. The summed E-state index contributed by atoms with van der Waals surface area (Å²) in [6, 6.07) is 53.6. The molecular weight excluding hydrogens is 695 g/mol. The van der Waals surface area contributed by atoms with Crippen LogP contribution in [0.2, 0.25) is 0 Å². The fraction of sp³-hybridized carbons (Fsp3) is 0.333. The Labute approximate surface area is 338 Å². The highest BCUT2D eigenvalue weighted by Crippen LogP contribution is 2.69. The van der Waals surface area contributed by atoms with E-state index in [0.717, 1.165) is 11.8 Å². The minimum atomic E-state index is 0.0901. The van der Waals surface area contributed by atoms with Crippen LogP contribution in [0.3, 0.4) is 0 Å². The molecule has 1 spiro atoms. The van der Waals surface area contributed by atoms with Crippen molar-refractivity contribution in [1.29, 1.82) is 0 Å². The minimum Gasteiger partial charge on any atom is -0.310 e. The summed E-state index contributed by atoms with van der Waals surface area (Å²) in [4.78, 5) is 5.50. The summed E-state index contributed by atoms with van der Waals surface area (Å²) in [5.41, 5.74) is 15.5. The Morgan fingerprint density at radius 1 is 0.464 bits per heavy atom. The monoisotopic (exact) mass is 747 g/mol. The number of hydrogen-bond donors (Lipinski definition) is 0. The number of nitrogens with zero attached hydrogens (tertiary/aromatic N) is 1. The molecule has 6 aromatic rings. The second-order valence-electron chi connectivity index (χ2n) is 19.2. The lowest BCUT2D eigenvalue weighted by Crippen LogP contribution is -2.57. The highest BCUT2D eigenvalue weighted by molar-refractivity contribution is 7.99. The van der Waals surface area contributed by atoms with E-state index in [2.05, 4.69) is 172 Å². The second-order valence-corrected chi connectivity index (χ2v) is 20.3. The number of anilines is 3. The number of hydrogen-bond acceptors (Lipinski definition) is 2. The summed E-state index contributed by atoms with van der Waals surface area (Å²) in [5, 5.41) is 0. The Morgan fingerprint density at radius 3 is 1.82 bits per heavy atom. The van der Waals surface area contributed by atoms with Gasteiger partial charge in [-0.05, 0) is 172 Å². The number of benzene rings is 6. The van der Waals surface area contributed by atoms with Gasteiger partial charge in [-0.3, -0.25) is 0 Å². The van der Waals surface area contributed by atoms with Crippen molar-refractivity contribution in [2.75, 3.05) is 4.90 Å². The van der Waals surface area contributed by atoms with Gasteiger partial charge in [0, 0.05) is 32.3 Å². The Balaban J connectivity index is 1.09. The van der Waals surface area contributed by atoms with E-state index >= 15 is 0 Å². The van der Waals surface area contributed by atoms with Crippen LogP contribution in [0.1, 0.15) is 94.9 Å². The molecule has 280 valence electrons. The van der Waals surface area contributed by atoms with E-state index in [0.29, 0.717) is 11.8 Å². The summed E-state index contributed by atoms with van der Waals surface area (Å²) in [6.07, 6.45) is 9.43. The third kappa shape index (κ3) is 5.27. The predicted molar refractivity (Wildman–Crippen MR) is 236 cm³/mol. The molecule has 4 saturated carbocycles. The van der Waals surface area contributed by atoms with Crippen LogP contribution < -0.4 is 4.90 Å². The van der Waals surface area contributed by atoms with Crippen molar-refractivity contribution < 1.29 is 0 Å². The molecule has 1 heterocycles. The average molecular weight is 748 g/mol. The van der Waals surface area contributed by atoms with Crippen molar-refractivity contribution in [3.05, 3.63) is 162 Å². The first-order valence-corrected chi connectivity index (χ1v) is 22.1. The van der Waals surface area contributed by atoms with E-state index in [4.69, 9.17) is 0 Å². The largest absolute Gasteiger partial charge is 0.310 e. The van der Waals surface area contributed by atoms with Crippen LogP contribution in [0.4, 0.5) is 17.1 Å². The van der Waals surface area contributed by atoms with E-state index in [1.54, 1.807) is 11.1 Å². The molecule has 4 bridgehead atoms. The van der Waals surface area contributed by atoms with Crippen molar-refractivity contribution in [1.82, 2.24) is 0 Å². The number of rotatable bonds is 5. The van der Waals surface area contributed by atoms with Crippen LogP contribution in [-0.4, -0.2) is 0 Å². The maximum Gasteiger partial charge on any atom is 0.0467 e. The van der Waals surface area contributed by atoms with Gasteiger partial charge >= 0.3 is 0 Å².